The molecule has 0 N–H and O–H groups in total. The molecule has 0 spiro atoms. The molecule has 0 bridgehead atoms. The van der Waals surface area contributed by atoms with E-state index in [1.54, 1.807) is 37.8 Å². The lowest BCUT2D eigenvalue weighted by Crippen LogP contribution is -2.63. The Morgan fingerprint density at radius 1 is 0.774 bits per heavy atom. The number of esters is 1. The topological polar surface area (TPSA) is 155 Å². The Hall–Kier alpha value is -4.79. The fraction of sp³-hybridized carbons (Fsp3) is 0.605. The van der Waals surface area contributed by atoms with Gasteiger partial charge < -0.3 is 38.7 Å². The van der Waals surface area contributed by atoms with Crippen molar-refractivity contribution in [3.8, 4) is 0 Å². The first kappa shape index (κ1) is 36.6. The van der Waals surface area contributed by atoms with Gasteiger partial charge in [0.1, 0.15) is 17.2 Å². The van der Waals surface area contributed by atoms with Gasteiger partial charge in [0.25, 0.3) is 5.91 Å². The Morgan fingerprint density at radius 2 is 1.38 bits per heavy atom. The first-order valence-corrected chi connectivity index (χ1v) is 18.9. The molecule has 3 atom stereocenters. The molecule has 2 amide bonds. The monoisotopic (exact) mass is 731 g/mol. The SMILES string of the molecule is CC(C)(C)OC1C(=O)C(OC(=O)COC(=O)N2CCN(c3nc(N4CCCC4)nc(N4CCCC4)c3C(=O)c3ccccc3)CC2)C2CCCN2C1=O. The molecule has 5 fully saturated rings. The molecule has 15 nitrogen and oxygen atoms in total. The number of aromatic nitrogens is 2. The molecule has 1 aromatic carbocycles. The third-order valence-corrected chi connectivity index (χ3v) is 10.5. The minimum Gasteiger partial charge on any atom is -0.449 e. The van der Waals surface area contributed by atoms with Crippen LogP contribution in [-0.4, -0.2) is 139 Å². The molecule has 0 radical (unpaired) electrons. The van der Waals surface area contributed by atoms with Crippen LogP contribution in [0.2, 0.25) is 0 Å². The molecule has 7 rings (SSSR count). The number of anilines is 3. The van der Waals surface area contributed by atoms with E-state index < -0.39 is 54.2 Å². The summed E-state index contributed by atoms with van der Waals surface area (Å²) in [6.45, 7) is 9.61. The summed E-state index contributed by atoms with van der Waals surface area (Å²) in [5.74, 6) is -0.209. The van der Waals surface area contributed by atoms with E-state index in [0.717, 1.165) is 51.9 Å². The maximum atomic E-state index is 14.2. The molecule has 5 aliphatic rings. The Labute approximate surface area is 309 Å². The van der Waals surface area contributed by atoms with Crippen molar-refractivity contribution in [2.45, 2.75) is 83.1 Å². The first-order valence-electron chi connectivity index (χ1n) is 18.9. The Morgan fingerprint density at radius 3 is 2.00 bits per heavy atom. The largest absolute Gasteiger partial charge is 0.449 e. The zero-order valence-electron chi connectivity index (χ0n) is 30.8. The second kappa shape index (κ2) is 15.3. The fourth-order valence-corrected chi connectivity index (χ4v) is 7.89. The molecule has 6 heterocycles. The van der Waals surface area contributed by atoms with Gasteiger partial charge >= 0.3 is 12.1 Å². The van der Waals surface area contributed by atoms with E-state index in [0.29, 0.717) is 61.2 Å². The number of amides is 2. The number of benzene rings is 1. The van der Waals surface area contributed by atoms with Gasteiger partial charge in [-0.15, -0.1) is 0 Å². The highest BCUT2D eigenvalue weighted by atomic mass is 16.6. The molecule has 15 heteroatoms. The van der Waals surface area contributed by atoms with Crippen LogP contribution in [0.25, 0.3) is 0 Å². The molecule has 284 valence electrons. The van der Waals surface area contributed by atoms with Crippen molar-refractivity contribution in [2.75, 3.05) is 80.2 Å². The minimum absolute atomic E-state index is 0.145. The van der Waals surface area contributed by atoms with Crippen molar-refractivity contribution in [2.24, 2.45) is 0 Å². The van der Waals surface area contributed by atoms with Crippen molar-refractivity contribution in [1.82, 2.24) is 19.8 Å². The van der Waals surface area contributed by atoms with Crippen molar-refractivity contribution in [1.29, 1.82) is 0 Å². The summed E-state index contributed by atoms with van der Waals surface area (Å²) >= 11 is 0. The lowest BCUT2D eigenvalue weighted by Gasteiger charge is -2.40. The molecule has 0 saturated carbocycles. The number of hydrogen-bond acceptors (Lipinski definition) is 13. The van der Waals surface area contributed by atoms with Crippen molar-refractivity contribution >= 4 is 47.1 Å². The van der Waals surface area contributed by atoms with Crippen molar-refractivity contribution < 1.29 is 38.2 Å². The summed E-state index contributed by atoms with van der Waals surface area (Å²) in [5, 5.41) is 0. The quantitative estimate of drug-likeness (QED) is 0.211. The summed E-state index contributed by atoms with van der Waals surface area (Å²) in [7, 11) is 0. The zero-order chi connectivity index (χ0) is 37.3. The van der Waals surface area contributed by atoms with Crippen LogP contribution in [0.4, 0.5) is 22.4 Å². The van der Waals surface area contributed by atoms with E-state index in [9.17, 15) is 24.0 Å². The van der Waals surface area contributed by atoms with Crippen LogP contribution in [0.5, 0.6) is 0 Å². The van der Waals surface area contributed by atoms with E-state index in [-0.39, 0.29) is 18.9 Å². The number of piperazine rings is 1. The highest BCUT2D eigenvalue weighted by Gasteiger charge is 2.53. The van der Waals surface area contributed by atoms with Crippen LogP contribution in [0.15, 0.2) is 30.3 Å². The van der Waals surface area contributed by atoms with Crippen molar-refractivity contribution in [3.05, 3.63) is 41.5 Å². The highest BCUT2D eigenvalue weighted by Crippen LogP contribution is 2.35. The predicted molar refractivity (Wildman–Crippen MR) is 194 cm³/mol. The number of rotatable bonds is 9. The molecule has 5 aliphatic heterocycles. The standard InChI is InChI=1S/C38H49N7O8/c1-38(2,3)53-32-30(48)31(26-14-11-19-45(26)35(32)49)52-27(46)24-51-37(50)44-22-20-42(21-23-44)34-28(29(47)25-12-5-4-6-13-25)33(41-15-7-8-16-41)39-36(40-34)43-17-9-10-18-43/h4-6,12-13,26,31-32H,7-11,14-24H2,1-3H3. The van der Waals surface area contributed by atoms with Gasteiger partial charge in [0.05, 0.1) is 11.6 Å². The van der Waals surface area contributed by atoms with Gasteiger partial charge in [-0.3, -0.25) is 14.4 Å². The van der Waals surface area contributed by atoms with Crippen molar-refractivity contribution in [3.63, 3.8) is 0 Å². The second-order valence-electron chi connectivity index (χ2n) is 15.3. The van der Waals surface area contributed by atoms with Crippen LogP contribution in [0, 0.1) is 0 Å². The van der Waals surface area contributed by atoms with Gasteiger partial charge in [-0.1, -0.05) is 30.3 Å². The lowest BCUT2D eigenvalue weighted by molar-refractivity contribution is -0.185. The smallest absolute Gasteiger partial charge is 0.410 e. The lowest BCUT2D eigenvalue weighted by atomic mass is 9.94. The van der Waals surface area contributed by atoms with Crippen LogP contribution in [0.1, 0.15) is 75.2 Å². The van der Waals surface area contributed by atoms with Crippen LogP contribution < -0.4 is 14.7 Å². The number of carbonyl (C=O) groups is 5. The number of ketones is 2. The molecule has 53 heavy (non-hydrogen) atoms. The normalized spacial score (nSPS) is 23.5. The molecule has 5 saturated heterocycles. The Bertz CT molecular complexity index is 1710. The van der Waals surface area contributed by atoms with E-state index in [2.05, 4.69) is 9.80 Å². The molecule has 2 aromatic rings. The van der Waals surface area contributed by atoms with E-state index in [1.165, 1.54) is 4.90 Å². The van der Waals surface area contributed by atoms with Gasteiger partial charge in [-0.05, 0) is 59.3 Å². The average molecular weight is 732 g/mol. The number of carbonyl (C=O) groups excluding carboxylic acids is 5. The van der Waals surface area contributed by atoms with Crippen LogP contribution in [-0.2, 0) is 28.6 Å². The number of piperidine rings is 1. The molecular weight excluding hydrogens is 682 g/mol. The third-order valence-electron chi connectivity index (χ3n) is 10.5. The average Bonchev–Trinajstić information content (AvgIpc) is 3.98. The fourth-order valence-electron chi connectivity index (χ4n) is 7.89. The molecule has 3 unspecified atom stereocenters. The summed E-state index contributed by atoms with van der Waals surface area (Å²) in [5.41, 5.74) is 0.255. The third kappa shape index (κ3) is 7.80. The maximum absolute atomic E-state index is 14.2. The molecule has 1 aromatic heterocycles. The first-order chi connectivity index (χ1) is 25.5. The Balaban J connectivity index is 1.03. The summed E-state index contributed by atoms with van der Waals surface area (Å²) in [4.78, 5) is 86.3. The summed E-state index contributed by atoms with van der Waals surface area (Å²) in [6, 6.07) is 8.61. The van der Waals surface area contributed by atoms with E-state index in [4.69, 9.17) is 24.2 Å². The summed E-state index contributed by atoms with van der Waals surface area (Å²) in [6.07, 6.45) is 2.09. The number of nitrogens with zero attached hydrogens (tertiary/aromatic N) is 7. The van der Waals surface area contributed by atoms with E-state index in [1.807, 2.05) is 23.1 Å². The van der Waals surface area contributed by atoms with Crippen LogP contribution in [0.3, 0.4) is 0 Å². The van der Waals surface area contributed by atoms with Gasteiger partial charge in [-0.25, -0.2) is 9.59 Å². The number of Topliss-reactive ketones (excluding diaryl/α,β-unsaturated/α-hetero) is 1. The second-order valence-corrected chi connectivity index (χ2v) is 15.3. The van der Waals surface area contributed by atoms with Gasteiger partial charge in [0.2, 0.25) is 17.5 Å². The van der Waals surface area contributed by atoms with Gasteiger partial charge in [-0.2, -0.15) is 9.97 Å². The minimum atomic E-state index is -1.36. The number of ether oxygens (including phenoxy) is 3. The van der Waals surface area contributed by atoms with E-state index >= 15 is 0 Å². The molecular formula is C38H49N7O8. The number of fused-ring (bicyclic) bond motifs is 1. The predicted octanol–water partition coefficient (Wildman–Crippen LogP) is 2.84. The zero-order valence-corrected chi connectivity index (χ0v) is 30.8. The van der Waals surface area contributed by atoms with Gasteiger partial charge in [0.15, 0.2) is 18.8 Å². The van der Waals surface area contributed by atoms with Gasteiger partial charge in [0, 0.05) is 64.5 Å². The number of hydrogen-bond donors (Lipinski definition) is 0. The Kier molecular flexibility index (Phi) is 10.5. The maximum Gasteiger partial charge on any atom is 0.410 e. The molecule has 0 aliphatic carbocycles. The highest BCUT2D eigenvalue weighted by molar-refractivity contribution is 6.15. The summed E-state index contributed by atoms with van der Waals surface area (Å²) < 4.78 is 16.7. The van der Waals surface area contributed by atoms with Crippen LogP contribution >= 0.6 is 0 Å².